The molecule has 2 heteroatoms. The molecule has 0 aromatic rings. The Bertz CT molecular complexity index is 237. The molecule has 0 saturated heterocycles. The smallest absolute Gasteiger partial charge is 0.226 e. The molecule has 0 spiro atoms. The second-order valence-electron chi connectivity index (χ2n) is 5.65. The quantitative estimate of drug-likeness (QED) is 0.780. The van der Waals surface area contributed by atoms with Crippen LogP contribution >= 0.6 is 0 Å². The van der Waals surface area contributed by atoms with E-state index in [2.05, 4.69) is 12.2 Å². The van der Waals surface area contributed by atoms with Gasteiger partial charge in [0.2, 0.25) is 5.91 Å². The maximum Gasteiger partial charge on any atom is 0.226 e. The Labute approximate surface area is 99.2 Å². The van der Waals surface area contributed by atoms with E-state index in [-0.39, 0.29) is 5.41 Å². The minimum absolute atomic E-state index is 0.00253. The molecule has 2 aliphatic carbocycles. The van der Waals surface area contributed by atoms with E-state index in [1.165, 1.54) is 44.9 Å². The van der Waals surface area contributed by atoms with Gasteiger partial charge >= 0.3 is 0 Å². The number of amides is 1. The van der Waals surface area contributed by atoms with Gasteiger partial charge in [0.05, 0.1) is 0 Å². The van der Waals surface area contributed by atoms with Crippen molar-refractivity contribution >= 4 is 5.91 Å². The summed E-state index contributed by atoms with van der Waals surface area (Å²) in [5, 5.41) is 3.31. The summed E-state index contributed by atoms with van der Waals surface area (Å²) < 4.78 is 0. The number of hydrogen-bond acceptors (Lipinski definition) is 1. The zero-order valence-electron chi connectivity index (χ0n) is 10.6. The maximum absolute atomic E-state index is 12.4. The van der Waals surface area contributed by atoms with E-state index in [1.54, 1.807) is 0 Å². The molecule has 2 nitrogen and oxygen atoms in total. The van der Waals surface area contributed by atoms with Gasteiger partial charge in [-0.25, -0.2) is 0 Å². The second kappa shape index (κ2) is 5.20. The number of hydrogen-bond donors (Lipinski definition) is 1. The van der Waals surface area contributed by atoms with Crippen LogP contribution in [0.15, 0.2) is 0 Å². The summed E-state index contributed by atoms with van der Waals surface area (Å²) >= 11 is 0. The number of nitrogens with one attached hydrogen (secondary N) is 1. The zero-order valence-corrected chi connectivity index (χ0v) is 10.6. The summed E-state index contributed by atoms with van der Waals surface area (Å²) in [5.74, 6) is 0.361. The Morgan fingerprint density at radius 2 is 1.75 bits per heavy atom. The van der Waals surface area contributed by atoms with E-state index in [1.807, 2.05) is 0 Å². The topological polar surface area (TPSA) is 29.1 Å². The minimum atomic E-state index is -0.00253. The Kier molecular flexibility index (Phi) is 3.88. The lowest BCUT2D eigenvalue weighted by atomic mass is 9.81. The van der Waals surface area contributed by atoms with Gasteiger partial charge in [0.15, 0.2) is 0 Å². The molecular formula is C14H25NO. The molecule has 2 saturated carbocycles. The fraction of sp³-hybridized carbons (Fsp3) is 0.929. The predicted octanol–water partition coefficient (Wildman–Crippen LogP) is 3.41. The third kappa shape index (κ3) is 2.41. The first-order valence-corrected chi connectivity index (χ1v) is 7.08. The summed E-state index contributed by atoms with van der Waals surface area (Å²) in [5.41, 5.74) is -0.00253. The van der Waals surface area contributed by atoms with Crippen LogP contribution < -0.4 is 5.32 Å². The van der Waals surface area contributed by atoms with Gasteiger partial charge in [-0.05, 0) is 32.1 Å². The predicted molar refractivity (Wildman–Crippen MR) is 66.2 cm³/mol. The molecule has 0 atom stereocenters. The van der Waals surface area contributed by atoms with Crippen molar-refractivity contribution in [3.8, 4) is 0 Å². The van der Waals surface area contributed by atoms with Crippen molar-refractivity contribution < 1.29 is 4.79 Å². The highest BCUT2D eigenvalue weighted by Gasteiger charge is 2.39. The van der Waals surface area contributed by atoms with Gasteiger partial charge in [-0.15, -0.1) is 0 Å². The highest BCUT2D eigenvalue weighted by molar-refractivity contribution is 5.83. The third-order valence-electron chi connectivity index (χ3n) is 4.66. The zero-order chi connectivity index (χ0) is 11.4. The van der Waals surface area contributed by atoms with Crippen molar-refractivity contribution in [2.45, 2.75) is 77.2 Å². The highest BCUT2D eigenvalue weighted by Crippen LogP contribution is 2.41. The lowest BCUT2D eigenvalue weighted by Crippen LogP contribution is -2.44. The molecule has 2 aliphatic rings. The average Bonchev–Trinajstić information content (AvgIpc) is 2.80. The Balaban J connectivity index is 1.90. The summed E-state index contributed by atoms with van der Waals surface area (Å²) in [4.78, 5) is 12.4. The van der Waals surface area contributed by atoms with Crippen molar-refractivity contribution in [1.29, 1.82) is 0 Å². The van der Waals surface area contributed by atoms with Gasteiger partial charge in [-0.2, -0.15) is 0 Å². The molecule has 0 bridgehead atoms. The molecular weight excluding hydrogens is 198 g/mol. The molecule has 0 aromatic carbocycles. The van der Waals surface area contributed by atoms with Crippen LogP contribution in [0.5, 0.6) is 0 Å². The molecule has 16 heavy (non-hydrogen) atoms. The van der Waals surface area contributed by atoms with Crippen molar-refractivity contribution in [2.24, 2.45) is 5.41 Å². The molecule has 0 unspecified atom stereocenters. The van der Waals surface area contributed by atoms with E-state index in [0.29, 0.717) is 11.9 Å². The van der Waals surface area contributed by atoms with Crippen LogP contribution in [0.2, 0.25) is 0 Å². The van der Waals surface area contributed by atoms with Crippen LogP contribution in [-0.2, 0) is 4.79 Å². The summed E-state index contributed by atoms with van der Waals surface area (Å²) in [6, 6.07) is 0.477. The van der Waals surface area contributed by atoms with E-state index in [4.69, 9.17) is 0 Å². The molecule has 1 N–H and O–H groups in total. The summed E-state index contributed by atoms with van der Waals surface area (Å²) in [7, 11) is 0. The largest absolute Gasteiger partial charge is 0.353 e. The van der Waals surface area contributed by atoms with E-state index >= 15 is 0 Å². The number of rotatable bonds is 3. The second-order valence-corrected chi connectivity index (χ2v) is 5.65. The molecule has 0 aromatic heterocycles. The van der Waals surface area contributed by atoms with Gasteiger partial charge < -0.3 is 5.32 Å². The number of carbonyl (C=O) groups excluding carboxylic acids is 1. The van der Waals surface area contributed by atoms with Crippen LogP contribution in [0.4, 0.5) is 0 Å². The Hall–Kier alpha value is -0.530. The lowest BCUT2D eigenvalue weighted by Gasteiger charge is -2.30. The molecule has 2 fully saturated rings. The van der Waals surface area contributed by atoms with Crippen molar-refractivity contribution in [3.63, 3.8) is 0 Å². The first-order valence-electron chi connectivity index (χ1n) is 7.08. The normalized spacial score (nSPS) is 25.6. The van der Waals surface area contributed by atoms with Crippen LogP contribution in [0.3, 0.4) is 0 Å². The Morgan fingerprint density at radius 3 is 2.31 bits per heavy atom. The number of carbonyl (C=O) groups is 1. The minimum Gasteiger partial charge on any atom is -0.353 e. The van der Waals surface area contributed by atoms with Crippen LogP contribution in [0.1, 0.15) is 71.1 Å². The van der Waals surface area contributed by atoms with Crippen LogP contribution in [-0.4, -0.2) is 11.9 Å². The molecule has 1 amide bonds. The Morgan fingerprint density at radius 1 is 1.12 bits per heavy atom. The van der Waals surface area contributed by atoms with Gasteiger partial charge in [-0.1, -0.05) is 39.0 Å². The van der Waals surface area contributed by atoms with Crippen molar-refractivity contribution in [1.82, 2.24) is 5.32 Å². The monoisotopic (exact) mass is 223 g/mol. The van der Waals surface area contributed by atoms with Gasteiger partial charge in [0.25, 0.3) is 0 Å². The first kappa shape index (κ1) is 11.9. The summed E-state index contributed by atoms with van der Waals surface area (Å²) in [6.45, 7) is 2.17. The SMILES string of the molecule is CCC1(C(=O)NC2CCCCC2)CCCC1. The van der Waals surface area contributed by atoms with E-state index in [0.717, 1.165) is 19.3 Å². The maximum atomic E-state index is 12.4. The van der Waals surface area contributed by atoms with Crippen LogP contribution in [0.25, 0.3) is 0 Å². The van der Waals surface area contributed by atoms with Crippen LogP contribution in [0, 0.1) is 5.41 Å². The van der Waals surface area contributed by atoms with Gasteiger partial charge in [0, 0.05) is 11.5 Å². The fourth-order valence-corrected chi connectivity index (χ4v) is 3.38. The molecule has 92 valence electrons. The molecule has 0 radical (unpaired) electrons. The average molecular weight is 223 g/mol. The van der Waals surface area contributed by atoms with E-state index < -0.39 is 0 Å². The van der Waals surface area contributed by atoms with Gasteiger partial charge in [-0.3, -0.25) is 4.79 Å². The lowest BCUT2D eigenvalue weighted by molar-refractivity contribution is -0.132. The van der Waals surface area contributed by atoms with Crippen molar-refractivity contribution in [3.05, 3.63) is 0 Å². The first-order chi connectivity index (χ1) is 7.77. The molecule has 2 rings (SSSR count). The van der Waals surface area contributed by atoms with Crippen molar-refractivity contribution in [2.75, 3.05) is 0 Å². The highest BCUT2D eigenvalue weighted by atomic mass is 16.2. The summed E-state index contributed by atoms with van der Waals surface area (Å²) in [6.07, 6.45) is 12.1. The molecule has 0 heterocycles. The van der Waals surface area contributed by atoms with E-state index in [9.17, 15) is 4.79 Å². The fourth-order valence-electron chi connectivity index (χ4n) is 3.38. The third-order valence-corrected chi connectivity index (χ3v) is 4.66. The standard InChI is InChI=1S/C14H25NO/c1-2-14(10-6-7-11-14)13(16)15-12-8-4-3-5-9-12/h12H,2-11H2,1H3,(H,15,16). The van der Waals surface area contributed by atoms with Gasteiger partial charge in [0.1, 0.15) is 0 Å². The molecule has 0 aliphatic heterocycles.